The van der Waals surface area contributed by atoms with E-state index in [9.17, 15) is 22.0 Å². The monoisotopic (exact) mass is 567 g/mol. The van der Waals surface area contributed by atoms with Gasteiger partial charge in [0, 0.05) is 17.8 Å². The normalized spacial score (nSPS) is 11.4. The van der Waals surface area contributed by atoms with E-state index in [0.717, 1.165) is 0 Å². The van der Waals surface area contributed by atoms with E-state index < -0.39 is 27.6 Å². The molecule has 1 amide bonds. The maximum absolute atomic E-state index is 14.5. The van der Waals surface area contributed by atoms with Crippen molar-refractivity contribution in [1.29, 1.82) is 0 Å². The highest BCUT2D eigenvalue weighted by atomic mass is 32.2. The molecule has 8 nitrogen and oxygen atoms in total. The first kappa shape index (κ1) is 28.6. The van der Waals surface area contributed by atoms with Gasteiger partial charge >= 0.3 is 0 Å². The lowest BCUT2D eigenvalue weighted by Gasteiger charge is -2.16. The van der Waals surface area contributed by atoms with Crippen molar-refractivity contribution in [2.75, 3.05) is 6.61 Å². The number of aryl methyl sites for hydroxylation is 2. The second-order valence-electron chi connectivity index (χ2n) is 9.50. The molecule has 0 saturated carbocycles. The molecule has 0 saturated heterocycles. The third-order valence-corrected chi connectivity index (χ3v) is 6.87. The van der Waals surface area contributed by atoms with Crippen LogP contribution in [0, 0.1) is 31.4 Å². The van der Waals surface area contributed by atoms with Crippen LogP contribution in [-0.4, -0.2) is 30.9 Å². The van der Waals surface area contributed by atoms with E-state index in [4.69, 9.17) is 9.47 Å². The van der Waals surface area contributed by atoms with Crippen molar-refractivity contribution in [3.05, 3.63) is 95.2 Å². The van der Waals surface area contributed by atoms with Crippen LogP contribution in [0.3, 0.4) is 0 Å². The minimum absolute atomic E-state index is 0.215. The highest BCUT2D eigenvalue weighted by Crippen LogP contribution is 2.33. The summed E-state index contributed by atoms with van der Waals surface area (Å²) in [6.07, 6.45) is 1.28. The minimum Gasteiger partial charge on any atom is -0.493 e. The van der Waals surface area contributed by atoms with Crippen molar-refractivity contribution in [2.45, 2.75) is 32.7 Å². The molecule has 4 aromatic rings. The van der Waals surface area contributed by atoms with E-state index in [1.165, 1.54) is 60.8 Å². The van der Waals surface area contributed by atoms with Gasteiger partial charge in [-0.2, -0.15) is 8.42 Å². The molecule has 0 aliphatic heterocycles. The Balaban J connectivity index is 1.78. The molecule has 0 bridgehead atoms. The molecule has 0 aliphatic carbocycles. The molecule has 0 atom stereocenters. The summed E-state index contributed by atoms with van der Waals surface area (Å²) < 4.78 is 67.5. The van der Waals surface area contributed by atoms with Crippen LogP contribution in [0.5, 0.6) is 17.4 Å². The van der Waals surface area contributed by atoms with Crippen molar-refractivity contribution >= 4 is 15.9 Å². The second kappa shape index (κ2) is 11.8. The number of halogens is 2. The van der Waals surface area contributed by atoms with Gasteiger partial charge in [0.05, 0.1) is 12.3 Å². The van der Waals surface area contributed by atoms with Crippen LogP contribution < -0.4 is 14.2 Å². The quantitative estimate of drug-likeness (QED) is 0.265. The summed E-state index contributed by atoms with van der Waals surface area (Å²) >= 11 is 0. The van der Waals surface area contributed by atoms with Gasteiger partial charge in [-0.15, -0.1) is 0 Å². The van der Waals surface area contributed by atoms with Crippen molar-refractivity contribution in [3.8, 4) is 28.6 Å². The summed E-state index contributed by atoms with van der Waals surface area (Å²) in [5.74, 6) is -1.59. The number of benzene rings is 2. The lowest BCUT2D eigenvalue weighted by atomic mass is 10.1. The number of nitrogens with zero attached hydrogens (tertiary/aromatic N) is 2. The zero-order valence-corrected chi connectivity index (χ0v) is 23.1. The van der Waals surface area contributed by atoms with Gasteiger partial charge < -0.3 is 9.47 Å². The number of carbonyl (C=O) groups is 1. The van der Waals surface area contributed by atoms with Gasteiger partial charge in [0.15, 0.2) is 5.03 Å². The largest absolute Gasteiger partial charge is 0.493 e. The summed E-state index contributed by atoms with van der Waals surface area (Å²) in [5.41, 5.74) is 1.19. The van der Waals surface area contributed by atoms with E-state index in [1.807, 2.05) is 18.6 Å². The summed E-state index contributed by atoms with van der Waals surface area (Å²) in [5, 5.41) is -0.352. The van der Waals surface area contributed by atoms with Gasteiger partial charge in [-0.25, -0.2) is 23.5 Å². The van der Waals surface area contributed by atoms with E-state index in [-0.39, 0.29) is 33.8 Å². The Morgan fingerprint density at radius 2 is 1.68 bits per heavy atom. The Morgan fingerprint density at radius 3 is 2.33 bits per heavy atom. The molecule has 4 rings (SSSR count). The zero-order valence-electron chi connectivity index (χ0n) is 22.2. The lowest BCUT2D eigenvalue weighted by Crippen LogP contribution is -2.31. The molecule has 208 valence electrons. The first-order chi connectivity index (χ1) is 18.9. The molecule has 2 aromatic heterocycles. The Hall–Kier alpha value is -4.38. The van der Waals surface area contributed by atoms with E-state index in [2.05, 4.69) is 9.97 Å². The number of nitrogens with one attached hydrogen (secondary N) is 1. The summed E-state index contributed by atoms with van der Waals surface area (Å²) in [6, 6.07) is 13.6. The third kappa shape index (κ3) is 6.78. The molecular formula is C29H27F2N3O5S. The molecule has 2 aromatic carbocycles. The number of sulfonamides is 1. The van der Waals surface area contributed by atoms with Gasteiger partial charge in [0.1, 0.15) is 28.7 Å². The highest BCUT2D eigenvalue weighted by molar-refractivity contribution is 7.90. The SMILES string of the molecule is Cc1cc(F)cc(C)c1Oc1nc(-c2cc(F)cc(OCC(C)C)c2)ccc1C(=O)NS(=O)(=O)c1ccccn1. The standard InChI is InChI=1S/C29H27F2N3O5S/c1-17(2)16-38-23-14-20(13-22(31)15-23)25-9-8-24(28(35)34-40(36,37)26-7-5-6-10-32-26)29(33-25)39-27-18(3)11-21(30)12-19(27)4/h5-15,17H,16H2,1-4H3,(H,34,35). The first-order valence-electron chi connectivity index (χ1n) is 12.3. The fourth-order valence-corrected chi connectivity index (χ4v) is 4.72. The summed E-state index contributed by atoms with van der Waals surface area (Å²) in [4.78, 5) is 21.4. The van der Waals surface area contributed by atoms with Crippen LogP contribution in [0.4, 0.5) is 8.78 Å². The molecule has 2 heterocycles. The number of hydrogen-bond acceptors (Lipinski definition) is 7. The average Bonchev–Trinajstić information content (AvgIpc) is 2.89. The molecule has 40 heavy (non-hydrogen) atoms. The number of pyridine rings is 2. The second-order valence-corrected chi connectivity index (χ2v) is 11.1. The summed E-state index contributed by atoms with van der Waals surface area (Å²) in [7, 11) is -4.32. The fraction of sp³-hybridized carbons (Fsp3) is 0.207. The van der Waals surface area contributed by atoms with E-state index in [1.54, 1.807) is 19.9 Å². The van der Waals surface area contributed by atoms with Crippen molar-refractivity contribution < 1.29 is 31.5 Å². The molecular weight excluding hydrogens is 540 g/mol. The topological polar surface area (TPSA) is 107 Å². The highest BCUT2D eigenvalue weighted by Gasteiger charge is 2.24. The van der Waals surface area contributed by atoms with Gasteiger partial charge in [-0.1, -0.05) is 19.9 Å². The predicted octanol–water partition coefficient (Wildman–Crippen LogP) is 5.98. The number of aromatic nitrogens is 2. The van der Waals surface area contributed by atoms with Gasteiger partial charge in [-0.3, -0.25) is 4.79 Å². The molecule has 1 N–H and O–H groups in total. The third-order valence-electron chi connectivity index (χ3n) is 5.62. The van der Waals surface area contributed by atoms with E-state index >= 15 is 0 Å². The fourth-order valence-electron chi connectivity index (χ4n) is 3.80. The van der Waals surface area contributed by atoms with Crippen molar-refractivity contribution in [2.24, 2.45) is 5.92 Å². The lowest BCUT2D eigenvalue weighted by molar-refractivity contribution is 0.0978. The van der Waals surface area contributed by atoms with Crippen LogP contribution in [-0.2, 0) is 10.0 Å². The van der Waals surface area contributed by atoms with Gasteiger partial charge in [0.2, 0.25) is 5.88 Å². The summed E-state index contributed by atoms with van der Waals surface area (Å²) in [6.45, 7) is 7.53. The molecule has 0 fully saturated rings. The number of ether oxygens (including phenoxy) is 2. The molecule has 11 heteroatoms. The van der Waals surface area contributed by atoms with E-state index in [0.29, 0.717) is 29.0 Å². The smallest absolute Gasteiger partial charge is 0.281 e. The number of rotatable bonds is 9. The maximum atomic E-state index is 14.5. The Bertz CT molecular complexity index is 1640. The number of carbonyl (C=O) groups excluding carboxylic acids is 1. The minimum atomic E-state index is -4.32. The number of hydrogen-bond donors (Lipinski definition) is 1. The number of amides is 1. The maximum Gasteiger partial charge on any atom is 0.281 e. The van der Waals surface area contributed by atoms with Crippen LogP contribution in [0.25, 0.3) is 11.3 Å². The van der Waals surface area contributed by atoms with Crippen LogP contribution in [0.2, 0.25) is 0 Å². The molecule has 0 unspecified atom stereocenters. The predicted molar refractivity (Wildman–Crippen MR) is 145 cm³/mol. The average molecular weight is 568 g/mol. The Kier molecular flexibility index (Phi) is 8.43. The molecule has 0 aliphatic rings. The van der Waals surface area contributed by atoms with Crippen molar-refractivity contribution in [3.63, 3.8) is 0 Å². The molecule has 0 spiro atoms. The van der Waals surface area contributed by atoms with Gasteiger partial charge in [0.25, 0.3) is 15.9 Å². The van der Waals surface area contributed by atoms with Crippen LogP contribution in [0.1, 0.15) is 35.3 Å². The zero-order chi connectivity index (χ0) is 29.0. The van der Waals surface area contributed by atoms with Crippen LogP contribution >= 0.6 is 0 Å². The van der Waals surface area contributed by atoms with Crippen molar-refractivity contribution in [1.82, 2.24) is 14.7 Å². The van der Waals surface area contributed by atoms with Gasteiger partial charge in [-0.05, 0) is 79.4 Å². The first-order valence-corrected chi connectivity index (χ1v) is 13.8. The Morgan fingerprint density at radius 1 is 0.975 bits per heavy atom. The Labute approximate surface area is 231 Å². The molecule has 0 radical (unpaired) electrons. The van der Waals surface area contributed by atoms with Crippen LogP contribution in [0.15, 0.2) is 71.9 Å².